The molecule has 6 heteroatoms. The molecule has 2 atom stereocenters. The standard InChI is InChI=1S/C17H23N3O3/c18-10-14(17(23)19-7-1-2-8-19)15(21)13-4-3-9-20(11-13)16(22)12-5-6-12/h12-14H,1-9,11H2/t13-,14+/m0/s1. The number of carbonyl (C=O) groups is 3. The third kappa shape index (κ3) is 3.39. The van der Waals surface area contributed by atoms with Crippen LogP contribution in [0.3, 0.4) is 0 Å². The van der Waals surface area contributed by atoms with Crippen molar-refractivity contribution in [3.63, 3.8) is 0 Å². The van der Waals surface area contributed by atoms with Crippen LogP contribution < -0.4 is 0 Å². The van der Waals surface area contributed by atoms with Gasteiger partial charge in [-0.3, -0.25) is 14.4 Å². The Morgan fingerprint density at radius 3 is 2.17 bits per heavy atom. The molecule has 0 aromatic rings. The molecule has 0 aromatic carbocycles. The lowest BCUT2D eigenvalue weighted by molar-refractivity contribution is -0.141. The summed E-state index contributed by atoms with van der Waals surface area (Å²) < 4.78 is 0. The zero-order valence-electron chi connectivity index (χ0n) is 13.4. The Balaban J connectivity index is 1.64. The van der Waals surface area contributed by atoms with Crippen LogP contribution in [0.4, 0.5) is 0 Å². The molecule has 23 heavy (non-hydrogen) atoms. The minimum absolute atomic E-state index is 0.141. The molecule has 2 heterocycles. The van der Waals surface area contributed by atoms with Crippen LogP contribution in [0.5, 0.6) is 0 Å². The molecule has 3 fully saturated rings. The van der Waals surface area contributed by atoms with Gasteiger partial charge in [-0.25, -0.2) is 0 Å². The van der Waals surface area contributed by atoms with E-state index >= 15 is 0 Å². The van der Waals surface area contributed by atoms with Crippen LogP contribution in [0.1, 0.15) is 38.5 Å². The predicted octanol–water partition coefficient (Wildman–Crippen LogP) is 0.966. The number of likely N-dealkylation sites (tertiary alicyclic amines) is 2. The number of carbonyl (C=O) groups excluding carboxylic acids is 3. The van der Waals surface area contributed by atoms with E-state index in [0.717, 1.165) is 32.1 Å². The van der Waals surface area contributed by atoms with Gasteiger partial charge in [-0.2, -0.15) is 5.26 Å². The van der Waals surface area contributed by atoms with Crippen molar-refractivity contribution in [2.24, 2.45) is 17.8 Å². The molecule has 0 unspecified atom stereocenters. The molecule has 3 rings (SSSR count). The topological polar surface area (TPSA) is 81.5 Å². The van der Waals surface area contributed by atoms with E-state index in [2.05, 4.69) is 0 Å². The average Bonchev–Trinajstić information content (AvgIpc) is 3.28. The van der Waals surface area contributed by atoms with Crippen LogP contribution in [0.2, 0.25) is 0 Å². The molecule has 0 aromatic heterocycles. The highest BCUT2D eigenvalue weighted by atomic mass is 16.2. The zero-order valence-corrected chi connectivity index (χ0v) is 13.4. The fourth-order valence-electron chi connectivity index (χ4n) is 3.59. The van der Waals surface area contributed by atoms with Crippen molar-refractivity contribution < 1.29 is 14.4 Å². The van der Waals surface area contributed by atoms with Crippen molar-refractivity contribution in [1.82, 2.24) is 9.80 Å². The van der Waals surface area contributed by atoms with E-state index in [1.165, 1.54) is 0 Å². The normalized spacial score (nSPS) is 25.8. The Labute approximate surface area is 136 Å². The molecule has 0 bridgehead atoms. The largest absolute Gasteiger partial charge is 0.342 e. The van der Waals surface area contributed by atoms with Gasteiger partial charge in [0.05, 0.1) is 6.07 Å². The van der Waals surface area contributed by atoms with Gasteiger partial charge in [-0.05, 0) is 38.5 Å². The van der Waals surface area contributed by atoms with E-state index in [1.54, 1.807) is 9.80 Å². The van der Waals surface area contributed by atoms with Crippen molar-refractivity contribution in [3.8, 4) is 6.07 Å². The SMILES string of the molecule is N#C[C@H](C(=O)[C@H]1CCCN(C(=O)C2CC2)C1)C(=O)N1CCCC1. The smallest absolute Gasteiger partial charge is 0.247 e. The molecule has 6 nitrogen and oxygen atoms in total. The van der Waals surface area contributed by atoms with Crippen molar-refractivity contribution in [3.05, 3.63) is 0 Å². The van der Waals surface area contributed by atoms with Crippen molar-refractivity contribution in [2.75, 3.05) is 26.2 Å². The maximum atomic E-state index is 12.7. The third-order valence-electron chi connectivity index (χ3n) is 5.14. The lowest BCUT2D eigenvalue weighted by Crippen LogP contribution is -2.46. The number of ketones is 1. The quantitative estimate of drug-likeness (QED) is 0.723. The van der Waals surface area contributed by atoms with Gasteiger partial charge in [0.25, 0.3) is 0 Å². The van der Waals surface area contributed by atoms with Crippen molar-refractivity contribution in [1.29, 1.82) is 5.26 Å². The molecular formula is C17H23N3O3. The minimum atomic E-state index is -1.20. The molecule has 124 valence electrons. The van der Waals surface area contributed by atoms with Gasteiger partial charge in [0.1, 0.15) is 0 Å². The summed E-state index contributed by atoms with van der Waals surface area (Å²) >= 11 is 0. The van der Waals surface area contributed by atoms with Crippen molar-refractivity contribution in [2.45, 2.75) is 38.5 Å². The zero-order chi connectivity index (χ0) is 16.4. The molecule has 1 aliphatic carbocycles. The molecule has 1 saturated carbocycles. The van der Waals surface area contributed by atoms with E-state index < -0.39 is 5.92 Å². The first-order chi connectivity index (χ1) is 11.1. The van der Waals surface area contributed by atoms with Gasteiger partial charge in [0.2, 0.25) is 11.8 Å². The fourth-order valence-corrected chi connectivity index (χ4v) is 3.59. The third-order valence-corrected chi connectivity index (χ3v) is 5.14. The average molecular weight is 317 g/mol. The van der Waals surface area contributed by atoms with Crippen LogP contribution in [0, 0.1) is 29.1 Å². The second-order valence-electron chi connectivity index (χ2n) is 6.89. The lowest BCUT2D eigenvalue weighted by Gasteiger charge is -2.33. The van der Waals surface area contributed by atoms with Crippen LogP contribution in [-0.4, -0.2) is 53.6 Å². The number of hydrogen-bond acceptors (Lipinski definition) is 4. The maximum absolute atomic E-state index is 12.7. The Hall–Kier alpha value is -1.90. The summed E-state index contributed by atoms with van der Waals surface area (Å²) in [6.07, 6.45) is 5.20. The highest BCUT2D eigenvalue weighted by molar-refractivity contribution is 6.05. The summed E-state index contributed by atoms with van der Waals surface area (Å²) in [5.41, 5.74) is 0. The molecule has 2 aliphatic heterocycles. The Kier molecular flexibility index (Phi) is 4.65. The predicted molar refractivity (Wildman–Crippen MR) is 82.0 cm³/mol. The Bertz CT molecular complexity index is 544. The molecule has 2 amide bonds. The number of rotatable bonds is 4. The molecule has 0 spiro atoms. The van der Waals surface area contributed by atoms with E-state index in [4.69, 9.17) is 0 Å². The summed E-state index contributed by atoms with van der Waals surface area (Å²) in [6.45, 7) is 2.35. The number of Topliss-reactive ketones (excluding diaryl/α,β-unsaturated/α-hetero) is 1. The summed E-state index contributed by atoms with van der Waals surface area (Å²) in [6, 6.07) is 1.91. The summed E-state index contributed by atoms with van der Waals surface area (Å²) in [5, 5.41) is 9.33. The van der Waals surface area contributed by atoms with Gasteiger partial charge < -0.3 is 9.80 Å². The van der Waals surface area contributed by atoms with E-state index in [9.17, 15) is 19.6 Å². The number of hydrogen-bond donors (Lipinski definition) is 0. The first kappa shape index (κ1) is 16.0. The second-order valence-corrected chi connectivity index (χ2v) is 6.89. The summed E-state index contributed by atoms with van der Waals surface area (Å²) in [5.74, 6) is -1.93. The van der Waals surface area contributed by atoms with Gasteiger partial charge in [-0.15, -0.1) is 0 Å². The highest BCUT2D eigenvalue weighted by Crippen LogP contribution is 2.33. The van der Waals surface area contributed by atoms with E-state index in [-0.39, 0.29) is 29.4 Å². The molecule has 2 saturated heterocycles. The van der Waals surface area contributed by atoms with Crippen LogP contribution in [-0.2, 0) is 14.4 Å². The molecule has 0 N–H and O–H groups in total. The molecule has 0 radical (unpaired) electrons. The van der Waals surface area contributed by atoms with Crippen LogP contribution in [0.25, 0.3) is 0 Å². The van der Waals surface area contributed by atoms with Crippen molar-refractivity contribution >= 4 is 17.6 Å². The van der Waals surface area contributed by atoms with Gasteiger partial charge in [0, 0.05) is 38.0 Å². The first-order valence-corrected chi connectivity index (χ1v) is 8.62. The van der Waals surface area contributed by atoms with Crippen LogP contribution in [0.15, 0.2) is 0 Å². The summed E-state index contributed by atoms with van der Waals surface area (Å²) in [7, 11) is 0. The van der Waals surface area contributed by atoms with E-state index in [0.29, 0.717) is 32.6 Å². The van der Waals surface area contributed by atoms with Gasteiger partial charge in [0.15, 0.2) is 11.7 Å². The highest BCUT2D eigenvalue weighted by Gasteiger charge is 2.40. The molecule has 3 aliphatic rings. The minimum Gasteiger partial charge on any atom is -0.342 e. The Morgan fingerprint density at radius 2 is 1.57 bits per heavy atom. The Morgan fingerprint density at radius 1 is 0.913 bits per heavy atom. The van der Waals surface area contributed by atoms with E-state index in [1.807, 2.05) is 6.07 Å². The lowest BCUT2D eigenvalue weighted by atomic mass is 9.86. The monoisotopic (exact) mass is 317 g/mol. The maximum Gasteiger partial charge on any atom is 0.247 e. The van der Waals surface area contributed by atoms with Gasteiger partial charge >= 0.3 is 0 Å². The summed E-state index contributed by atoms with van der Waals surface area (Å²) in [4.78, 5) is 40.6. The van der Waals surface area contributed by atoms with Gasteiger partial charge in [-0.1, -0.05) is 0 Å². The first-order valence-electron chi connectivity index (χ1n) is 8.62. The second kappa shape index (κ2) is 6.69. The number of nitrogens with zero attached hydrogens (tertiary/aromatic N) is 3. The number of piperidine rings is 1. The fraction of sp³-hybridized carbons (Fsp3) is 0.765. The number of amides is 2. The molecular weight excluding hydrogens is 294 g/mol. The number of nitriles is 1. The van der Waals surface area contributed by atoms with Crippen LogP contribution >= 0.6 is 0 Å².